The van der Waals surface area contributed by atoms with Crippen LogP contribution in [0.3, 0.4) is 0 Å². The van der Waals surface area contributed by atoms with Crippen molar-refractivity contribution in [3.8, 4) is 11.6 Å². The number of piperidine rings is 1. The van der Waals surface area contributed by atoms with E-state index in [0.29, 0.717) is 30.6 Å². The van der Waals surface area contributed by atoms with Gasteiger partial charge in [-0.25, -0.2) is 13.8 Å². The van der Waals surface area contributed by atoms with Crippen molar-refractivity contribution in [2.45, 2.75) is 18.8 Å². The van der Waals surface area contributed by atoms with Crippen LogP contribution in [0.2, 0.25) is 0 Å². The van der Waals surface area contributed by atoms with Gasteiger partial charge in [-0.2, -0.15) is 4.98 Å². The van der Waals surface area contributed by atoms with Gasteiger partial charge in [-0.05, 0) is 31.0 Å². The molecule has 1 fully saturated rings. The molecule has 1 aliphatic heterocycles. The van der Waals surface area contributed by atoms with E-state index in [2.05, 4.69) is 20.1 Å². The lowest BCUT2D eigenvalue weighted by atomic mass is 9.97. The molecule has 1 aromatic carbocycles. The van der Waals surface area contributed by atoms with Crippen molar-refractivity contribution in [3.05, 3.63) is 53.7 Å². The minimum atomic E-state index is -1.04. The standard InChI is InChI=1S/C17H15F2N5O2/c18-12-4-3-10(8-13(12)19)17(25)24-7-1-2-11(9-24)16-22-15(23-26-16)14-20-5-6-21-14/h3-6,8,11H,1-2,7,9H2,(H,20,21). The van der Waals surface area contributed by atoms with Gasteiger partial charge in [-0.15, -0.1) is 0 Å². The average Bonchev–Trinajstić information content (AvgIpc) is 3.35. The molecule has 2 aromatic heterocycles. The van der Waals surface area contributed by atoms with Crippen LogP contribution in [0, 0.1) is 11.6 Å². The zero-order chi connectivity index (χ0) is 18.1. The summed E-state index contributed by atoms with van der Waals surface area (Å²) in [7, 11) is 0. The van der Waals surface area contributed by atoms with Crippen LogP contribution in [-0.2, 0) is 0 Å². The minimum Gasteiger partial charge on any atom is -0.342 e. The number of aromatic nitrogens is 4. The van der Waals surface area contributed by atoms with Gasteiger partial charge in [0, 0.05) is 31.0 Å². The number of nitrogens with zero attached hydrogens (tertiary/aromatic N) is 4. The third-order valence-electron chi connectivity index (χ3n) is 4.38. The van der Waals surface area contributed by atoms with Crippen molar-refractivity contribution in [2.24, 2.45) is 0 Å². The Kier molecular flexibility index (Phi) is 4.19. The number of likely N-dealkylation sites (tertiary alicyclic amines) is 1. The van der Waals surface area contributed by atoms with Crippen LogP contribution < -0.4 is 0 Å². The van der Waals surface area contributed by atoms with E-state index < -0.39 is 11.6 Å². The molecular formula is C17H15F2N5O2. The summed E-state index contributed by atoms with van der Waals surface area (Å²) in [6.45, 7) is 0.908. The van der Waals surface area contributed by atoms with Gasteiger partial charge in [-0.3, -0.25) is 4.79 Å². The molecule has 1 N–H and O–H groups in total. The van der Waals surface area contributed by atoms with E-state index >= 15 is 0 Å². The first kappa shape index (κ1) is 16.4. The van der Waals surface area contributed by atoms with Gasteiger partial charge in [-0.1, -0.05) is 5.16 Å². The highest BCUT2D eigenvalue weighted by atomic mass is 19.2. The van der Waals surface area contributed by atoms with E-state index in [4.69, 9.17) is 4.52 Å². The Bertz CT molecular complexity index is 925. The van der Waals surface area contributed by atoms with Crippen molar-refractivity contribution in [1.29, 1.82) is 0 Å². The average molecular weight is 359 g/mol. The predicted octanol–water partition coefficient (Wildman–Crippen LogP) is 2.76. The number of nitrogens with one attached hydrogen (secondary N) is 1. The number of benzene rings is 1. The van der Waals surface area contributed by atoms with E-state index in [0.717, 1.165) is 25.0 Å². The molecule has 1 unspecified atom stereocenters. The molecular weight excluding hydrogens is 344 g/mol. The molecule has 4 rings (SSSR count). The van der Waals surface area contributed by atoms with Gasteiger partial charge in [0.25, 0.3) is 5.91 Å². The molecule has 1 aliphatic rings. The van der Waals surface area contributed by atoms with E-state index in [-0.39, 0.29) is 17.4 Å². The summed E-state index contributed by atoms with van der Waals surface area (Å²) in [6, 6.07) is 3.16. The molecule has 9 heteroatoms. The highest BCUT2D eigenvalue weighted by molar-refractivity contribution is 5.94. The molecule has 134 valence electrons. The Morgan fingerprint density at radius 2 is 2.19 bits per heavy atom. The third-order valence-corrected chi connectivity index (χ3v) is 4.38. The molecule has 3 aromatic rings. The molecule has 1 atom stereocenters. The number of rotatable bonds is 3. The Labute approximate surface area is 147 Å². The van der Waals surface area contributed by atoms with Crippen molar-refractivity contribution in [3.63, 3.8) is 0 Å². The number of amides is 1. The number of aromatic amines is 1. The summed E-state index contributed by atoms with van der Waals surface area (Å²) in [4.78, 5) is 25.5. The number of hydrogen-bond donors (Lipinski definition) is 1. The maximum atomic E-state index is 13.4. The van der Waals surface area contributed by atoms with Gasteiger partial charge in [0.15, 0.2) is 17.5 Å². The minimum absolute atomic E-state index is 0.116. The summed E-state index contributed by atoms with van der Waals surface area (Å²) in [5.41, 5.74) is 0.117. The van der Waals surface area contributed by atoms with Crippen LogP contribution >= 0.6 is 0 Å². The summed E-state index contributed by atoms with van der Waals surface area (Å²) in [5, 5.41) is 3.91. The fraction of sp³-hybridized carbons (Fsp3) is 0.294. The first-order valence-electron chi connectivity index (χ1n) is 8.19. The molecule has 0 aliphatic carbocycles. The predicted molar refractivity (Wildman–Crippen MR) is 86.1 cm³/mol. The topological polar surface area (TPSA) is 87.9 Å². The highest BCUT2D eigenvalue weighted by Gasteiger charge is 2.29. The summed E-state index contributed by atoms with van der Waals surface area (Å²) in [5.74, 6) is -1.19. The second-order valence-electron chi connectivity index (χ2n) is 6.11. The third kappa shape index (κ3) is 3.07. The smallest absolute Gasteiger partial charge is 0.253 e. The Morgan fingerprint density at radius 1 is 1.31 bits per heavy atom. The number of imidazole rings is 1. The fourth-order valence-electron chi connectivity index (χ4n) is 3.06. The number of carbonyl (C=O) groups excluding carboxylic acids is 1. The summed E-state index contributed by atoms with van der Waals surface area (Å²) < 4.78 is 31.8. The van der Waals surface area contributed by atoms with Crippen LogP contribution in [0.4, 0.5) is 8.78 Å². The Morgan fingerprint density at radius 3 is 2.96 bits per heavy atom. The quantitative estimate of drug-likeness (QED) is 0.777. The lowest BCUT2D eigenvalue weighted by Crippen LogP contribution is -2.39. The van der Waals surface area contributed by atoms with Crippen molar-refractivity contribution < 1.29 is 18.1 Å². The molecule has 1 saturated heterocycles. The first-order valence-corrected chi connectivity index (χ1v) is 8.19. The molecule has 0 saturated carbocycles. The van der Waals surface area contributed by atoms with Gasteiger partial charge in [0.05, 0.1) is 5.92 Å². The maximum Gasteiger partial charge on any atom is 0.253 e. The monoisotopic (exact) mass is 359 g/mol. The highest BCUT2D eigenvalue weighted by Crippen LogP contribution is 2.28. The molecule has 1 amide bonds. The molecule has 7 nitrogen and oxygen atoms in total. The van der Waals surface area contributed by atoms with E-state index in [1.807, 2.05) is 0 Å². The lowest BCUT2D eigenvalue weighted by Gasteiger charge is -2.31. The second-order valence-corrected chi connectivity index (χ2v) is 6.11. The van der Waals surface area contributed by atoms with Crippen molar-refractivity contribution in [1.82, 2.24) is 25.0 Å². The van der Waals surface area contributed by atoms with Crippen LogP contribution in [0.25, 0.3) is 11.6 Å². The van der Waals surface area contributed by atoms with Crippen LogP contribution in [0.5, 0.6) is 0 Å². The van der Waals surface area contributed by atoms with Crippen molar-refractivity contribution in [2.75, 3.05) is 13.1 Å². The second kappa shape index (κ2) is 6.66. The normalized spacial score (nSPS) is 17.5. The van der Waals surface area contributed by atoms with E-state index in [9.17, 15) is 13.6 Å². The number of carbonyl (C=O) groups is 1. The Balaban J connectivity index is 1.50. The van der Waals surface area contributed by atoms with Gasteiger partial charge in [0.2, 0.25) is 11.7 Å². The SMILES string of the molecule is O=C(c1ccc(F)c(F)c1)N1CCCC(c2nc(-c3ncc[nH]3)no2)C1. The number of hydrogen-bond acceptors (Lipinski definition) is 5. The molecule has 0 spiro atoms. The lowest BCUT2D eigenvalue weighted by molar-refractivity contribution is 0.0695. The zero-order valence-corrected chi connectivity index (χ0v) is 13.7. The number of halogens is 2. The fourth-order valence-corrected chi connectivity index (χ4v) is 3.06. The molecule has 0 bridgehead atoms. The van der Waals surface area contributed by atoms with Gasteiger partial charge < -0.3 is 14.4 Å². The van der Waals surface area contributed by atoms with E-state index in [1.165, 1.54) is 6.07 Å². The summed E-state index contributed by atoms with van der Waals surface area (Å²) in [6.07, 6.45) is 4.79. The maximum absolute atomic E-state index is 13.4. The van der Waals surface area contributed by atoms with Crippen molar-refractivity contribution >= 4 is 5.91 Å². The number of H-pyrrole nitrogens is 1. The van der Waals surface area contributed by atoms with Crippen LogP contribution in [-0.4, -0.2) is 44.0 Å². The first-order chi connectivity index (χ1) is 12.6. The van der Waals surface area contributed by atoms with Gasteiger partial charge >= 0.3 is 0 Å². The largest absolute Gasteiger partial charge is 0.342 e. The molecule has 26 heavy (non-hydrogen) atoms. The van der Waals surface area contributed by atoms with Crippen LogP contribution in [0.1, 0.15) is 35.0 Å². The molecule has 3 heterocycles. The molecule has 0 radical (unpaired) electrons. The summed E-state index contributed by atoms with van der Waals surface area (Å²) >= 11 is 0. The van der Waals surface area contributed by atoms with Gasteiger partial charge in [0.1, 0.15) is 0 Å². The van der Waals surface area contributed by atoms with Crippen LogP contribution in [0.15, 0.2) is 35.1 Å². The zero-order valence-electron chi connectivity index (χ0n) is 13.7. The van der Waals surface area contributed by atoms with E-state index in [1.54, 1.807) is 17.3 Å². The Hall–Kier alpha value is -3.10.